The molecule has 1 N–H and O–H groups in total. The summed E-state index contributed by atoms with van der Waals surface area (Å²) in [5.74, 6) is -0.0515. The van der Waals surface area contributed by atoms with Crippen molar-refractivity contribution >= 4 is 11.6 Å². The fraction of sp³-hybridized carbons (Fsp3) is 0.312. The lowest BCUT2D eigenvalue weighted by atomic mass is 10.1. The van der Waals surface area contributed by atoms with Gasteiger partial charge in [-0.25, -0.2) is 9.37 Å². The fourth-order valence-corrected chi connectivity index (χ4v) is 5.30. The molecule has 1 amide bonds. The molecule has 7 heteroatoms. The standard InChI is InChI=1S/C32H36FN5O/c1-23-11-9-16-28(24(23)2)37-21-19-36(20-22-37)18-10-17-34-32(39)30-25(3)38(29-15-8-7-14-27(29)33)31(35-30)26-12-5-4-6-13-26/h4-9,11-16H,10,17-22H2,1-3H3,(H,34,39). The Kier molecular flexibility index (Phi) is 8.07. The second-order valence-electron chi connectivity index (χ2n) is 10.2. The lowest BCUT2D eigenvalue weighted by Crippen LogP contribution is -2.47. The number of amides is 1. The maximum atomic E-state index is 14.8. The average molecular weight is 526 g/mol. The van der Waals surface area contributed by atoms with Gasteiger partial charge in [0, 0.05) is 44.0 Å². The molecular formula is C32H36FN5O. The van der Waals surface area contributed by atoms with Crippen LogP contribution >= 0.6 is 0 Å². The van der Waals surface area contributed by atoms with Crippen molar-refractivity contribution in [1.82, 2.24) is 19.8 Å². The van der Waals surface area contributed by atoms with Crippen LogP contribution in [0.3, 0.4) is 0 Å². The molecule has 0 unspecified atom stereocenters. The Morgan fingerprint density at radius 1 is 0.872 bits per heavy atom. The number of nitrogens with one attached hydrogen (secondary N) is 1. The van der Waals surface area contributed by atoms with Crippen molar-refractivity contribution in [1.29, 1.82) is 0 Å². The van der Waals surface area contributed by atoms with E-state index in [1.54, 1.807) is 22.8 Å². The molecular weight excluding hydrogens is 489 g/mol. The van der Waals surface area contributed by atoms with Gasteiger partial charge in [-0.15, -0.1) is 0 Å². The molecule has 0 radical (unpaired) electrons. The zero-order chi connectivity index (χ0) is 27.4. The van der Waals surface area contributed by atoms with E-state index in [4.69, 9.17) is 0 Å². The lowest BCUT2D eigenvalue weighted by molar-refractivity contribution is 0.0946. The topological polar surface area (TPSA) is 53.4 Å². The minimum atomic E-state index is -0.361. The van der Waals surface area contributed by atoms with Crippen LogP contribution in [0.2, 0.25) is 0 Å². The second kappa shape index (κ2) is 11.8. The van der Waals surface area contributed by atoms with Gasteiger partial charge in [0.05, 0.1) is 11.4 Å². The first kappa shape index (κ1) is 26.6. The Morgan fingerprint density at radius 2 is 1.56 bits per heavy atom. The first-order chi connectivity index (χ1) is 18.9. The summed E-state index contributed by atoms with van der Waals surface area (Å²) in [6.07, 6.45) is 0.855. The maximum Gasteiger partial charge on any atom is 0.271 e. The number of carbonyl (C=O) groups is 1. The van der Waals surface area contributed by atoms with Crippen LogP contribution in [-0.4, -0.2) is 59.6 Å². The zero-order valence-electron chi connectivity index (χ0n) is 23.0. The van der Waals surface area contributed by atoms with Crippen molar-refractivity contribution in [3.63, 3.8) is 0 Å². The Morgan fingerprint density at radius 3 is 2.31 bits per heavy atom. The summed E-state index contributed by atoms with van der Waals surface area (Å²) in [5, 5.41) is 3.04. The summed E-state index contributed by atoms with van der Waals surface area (Å²) < 4.78 is 16.5. The predicted octanol–water partition coefficient (Wildman–Crippen LogP) is 5.55. The van der Waals surface area contributed by atoms with Crippen molar-refractivity contribution in [3.05, 3.63) is 101 Å². The highest BCUT2D eigenvalue weighted by Crippen LogP contribution is 2.28. The van der Waals surface area contributed by atoms with Gasteiger partial charge < -0.3 is 10.2 Å². The Bertz CT molecular complexity index is 1440. The van der Waals surface area contributed by atoms with E-state index in [1.807, 2.05) is 37.3 Å². The predicted molar refractivity (Wildman–Crippen MR) is 155 cm³/mol. The summed E-state index contributed by atoms with van der Waals surface area (Å²) in [6, 6.07) is 22.7. The van der Waals surface area contributed by atoms with Crippen molar-refractivity contribution in [2.75, 3.05) is 44.2 Å². The van der Waals surface area contributed by atoms with E-state index in [1.165, 1.54) is 22.9 Å². The number of carbonyl (C=O) groups excluding carboxylic acids is 1. The normalized spacial score (nSPS) is 14.0. The molecule has 39 heavy (non-hydrogen) atoms. The number of piperazine rings is 1. The molecule has 4 aromatic rings. The molecule has 0 saturated carbocycles. The second-order valence-corrected chi connectivity index (χ2v) is 10.2. The minimum absolute atomic E-state index is 0.237. The average Bonchev–Trinajstić information content (AvgIpc) is 3.30. The van der Waals surface area contributed by atoms with Gasteiger partial charge in [0.15, 0.2) is 0 Å². The molecule has 0 bridgehead atoms. The zero-order valence-corrected chi connectivity index (χ0v) is 23.0. The number of imidazole rings is 1. The lowest BCUT2D eigenvalue weighted by Gasteiger charge is -2.37. The summed E-state index contributed by atoms with van der Waals surface area (Å²) in [7, 11) is 0. The molecule has 2 heterocycles. The third kappa shape index (κ3) is 5.73. The van der Waals surface area contributed by atoms with Gasteiger partial charge in [0.25, 0.3) is 5.91 Å². The van der Waals surface area contributed by atoms with Crippen LogP contribution in [0.15, 0.2) is 72.8 Å². The molecule has 1 aromatic heterocycles. The molecule has 3 aromatic carbocycles. The number of rotatable bonds is 8. The van der Waals surface area contributed by atoms with Crippen molar-refractivity contribution < 1.29 is 9.18 Å². The molecule has 0 spiro atoms. The Balaban J connectivity index is 1.20. The molecule has 1 fully saturated rings. The van der Waals surface area contributed by atoms with Crippen LogP contribution in [0.4, 0.5) is 10.1 Å². The summed E-state index contributed by atoms with van der Waals surface area (Å²) in [5.41, 5.74) is 6.15. The number of hydrogen-bond acceptors (Lipinski definition) is 4. The molecule has 1 aliphatic rings. The summed E-state index contributed by atoms with van der Waals surface area (Å²) in [4.78, 5) is 22.8. The minimum Gasteiger partial charge on any atom is -0.369 e. The van der Waals surface area contributed by atoms with Crippen molar-refractivity contribution in [2.24, 2.45) is 0 Å². The Labute approximate surface area is 230 Å². The van der Waals surface area contributed by atoms with E-state index in [9.17, 15) is 9.18 Å². The van der Waals surface area contributed by atoms with E-state index in [0.29, 0.717) is 29.4 Å². The van der Waals surface area contributed by atoms with Crippen LogP contribution in [0.1, 0.15) is 33.7 Å². The van der Waals surface area contributed by atoms with E-state index in [2.05, 4.69) is 52.1 Å². The fourth-order valence-electron chi connectivity index (χ4n) is 5.30. The summed E-state index contributed by atoms with van der Waals surface area (Å²) >= 11 is 0. The van der Waals surface area contributed by atoms with Gasteiger partial charge in [-0.3, -0.25) is 14.3 Å². The molecule has 6 nitrogen and oxygen atoms in total. The molecule has 0 aliphatic carbocycles. The third-order valence-electron chi connectivity index (χ3n) is 7.67. The van der Waals surface area contributed by atoms with E-state index >= 15 is 0 Å². The Hall–Kier alpha value is -3.97. The van der Waals surface area contributed by atoms with Gasteiger partial charge in [0.2, 0.25) is 0 Å². The largest absolute Gasteiger partial charge is 0.369 e. The number of benzene rings is 3. The highest BCUT2D eigenvalue weighted by atomic mass is 19.1. The monoisotopic (exact) mass is 525 g/mol. The van der Waals surface area contributed by atoms with Crippen LogP contribution in [0.25, 0.3) is 17.1 Å². The van der Waals surface area contributed by atoms with Crippen LogP contribution in [-0.2, 0) is 0 Å². The van der Waals surface area contributed by atoms with Gasteiger partial charge in [-0.1, -0.05) is 54.6 Å². The van der Waals surface area contributed by atoms with E-state index < -0.39 is 0 Å². The van der Waals surface area contributed by atoms with Crippen LogP contribution in [0, 0.1) is 26.6 Å². The van der Waals surface area contributed by atoms with Crippen molar-refractivity contribution in [2.45, 2.75) is 27.2 Å². The number of halogens is 1. The maximum absolute atomic E-state index is 14.8. The number of hydrogen-bond donors (Lipinski definition) is 1. The van der Waals surface area contributed by atoms with Gasteiger partial charge in [-0.05, 0) is 63.1 Å². The molecule has 5 rings (SSSR count). The smallest absolute Gasteiger partial charge is 0.271 e. The van der Waals surface area contributed by atoms with Gasteiger partial charge >= 0.3 is 0 Å². The summed E-state index contributed by atoms with van der Waals surface area (Å²) in [6.45, 7) is 11.7. The van der Waals surface area contributed by atoms with E-state index in [0.717, 1.165) is 44.7 Å². The van der Waals surface area contributed by atoms with Gasteiger partial charge in [0.1, 0.15) is 17.3 Å². The highest BCUT2D eigenvalue weighted by molar-refractivity contribution is 5.94. The quantitative estimate of drug-likeness (QED) is 0.307. The highest BCUT2D eigenvalue weighted by Gasteiger charge is 2.23. The van der Waals surface area contributed by atoms with E-state index in [-0.39, 0.29) is 11.7 Å². The van der Waals surface area contributed by atoms with Crippen LogP contribution in [0.5, 0.6) is 0 Å². The van der Waals surface area contributed by atoms with Crippen molar-refractivity contribution in [3.8, 4) is 17.1 Å². The molecule has 202 valence electrons. The van der Waals surface area contributed by atoms with Gasteiger partial charge in [-0.2, -0.15) is 0 Å². The SMILES string of the molecule is Cc1cccc(N2CCN(CCCNC(=O)c3nc(-c4ccccc4)n(-c4ccccc4F)c3C)CC2)c1C. The number of aryl methyl sites for hydroxylation is 1. The molecule has 0 atom stereocenters. The molecule has 1 aliphatic heterocycles. The van der Waals surface area contributed by atoms with Crippen LogP contribution < -0.4 is 10.2 Å². The number of anilines is 1. The number of aromatic nitrogens is 2. The molecule has 1 saturated heterocycles. The number of nitrogens with zero attached hydrogens (tertiary/aromatic N) is 4. The first-order valence-corrected chi connectivity index (χ1v) is 13.7. The first-order valence-electron chi connectivity index (χ1n) is 13.7. The third-order valence-corrected chi connectivity index (χ3v) is 7.67. The number of para-hydroxylation sites is 1.